The first-order valence-corrected chi connectivity index (χ1v) is 8.20. The molecule has 0 bridgehead atoms. The van der Waals surface area contributed by atoms with Gasteiger partial charge in [-0.25, -0.2) is 0 Å². The highest BCUT2D eigenvalue weighted by Crippen LogP contribution is 2.28. The second kappa shape index (κ2) is 9.41. The van der Waals surface area contributed by atoms with Gasteiger partial charge < -0.3 is 14.8 Å². The molecule has 138 valence electrons. The Balaban J connectivity index is 2.17. The smallest absolute Gasteiger partial charge is 0.387 e. The molecular weight excluding hydrogens is 469 g/mol. The van der Waals surface area contributed by atoms with Crippen LogP contribution >= 0.6 is 22.6 Å². The number of anilines is 1. The van der Waals surface area contributed by atoms with Crippen molar-refractivity contribution in [3.05, 3.63) is 57.7 Å². The van der Waals surface area contributed by atoms with E-state index in [0.717, 1.165) is 21.8 Å². The van der Waals surface area contributed by atoms with Crippen LogP contribution in [-0.2, 0) is 4.79 Å². The number of hydrogen-bond donors (Lipinski definition) is 1. The van der Waals surface area contributed by atoms with Gasteiger partial charge in [-0.2, -0.15) is 17.6 Å². The summed E-state index contributed by atoms with van der Waals surface area (Å²) < 4.78 is 58.7. The van der Waals surface area contributed by atoms with E-state index in [-0.39, 0.29) is 11.3 Å². The van der Waals surface area contributed by atoms with E-state index < -0.39 is 24.9 Å². The van der Waals surface area contributed by atoms with Crippen molar-refractivity contribution in [1.82, 2.24) is 0 Å². The standard InChI is InChI=1S/C17H12F4INO3/c18-16(19)25-11-7-5-10(14(9-11)26-17(20)21)6-8-15(24)23-13-4-2-1-3-12(13)22/h1-9,16-17H,(H,23,24)/b8-6+. The van der Waals surface area contributed by atoms with Crippen molar-refractivity contribution in [1.29, 1.82) is 0 Å². The summed E-state index contributed by atoms with van der Waals surface area (Å²) >= 11 is 2.05. The molecule has 0 aromatic heterocycles. The van der Waals surface area contributed by atoms with Gasteiger partial charge in [0.15, 0.2) is 0 Å². The molecular formula is C17H12F4INO3. The minimum atomic E-state index is -3.16. The first-order chi connectivity index (χ1) is 12.3. The van der Waals surface area contributed by atoms with Crippen molar-refractivity contribution in [2.24, 2.45) is 0 Å². The summed E-state index contributed by atoms with van der Waals surface area (Å²) in [5.41, 5.74) is 0.692. The monoisotopic (exact) mass is 481 g/mol. The maximum atomic E-state index is 12.5. The number of para-hydroxylation sites is 1. The fraction of sp³-hybridized carbons (Fsp3) is 0.118. The number of nitrogens with one attached hydrogen (secondary N) is 1. The average molecular weight is 481 g/mol. The molecule has 0 unspecified atom stereocenters. The zero-order chi connectivity index (χ0) is 19.1. The quantitative estimate of drug-likeness (QED) is 0.339. The lowest BCUT2D eigenvalue weighted by Gasteiger charge is -2.11. The van der Waals surface area contributed by atoms with Crippen LogP contribution in [0.5, 0.6) is 11.5 Å². The lowest BCUT2D eigenvalue weighted by Crippen LogP contribution is -2.09. The molecule has 1 N–H and O–H groups in total. The van der Waals surface area contributed by atoms with Gasteiger partial charge >= 0.3 is 13.2 Å². The molecule has 9 heteroatoms. The molecule has 1 amide bonds. The number of halogens is 5. The number of carbonyl (C=O) groups excluding carboxylic acids is 1. The number of hydrogen-bond acceptors (Lipinski definition) is 3. The van der Waals surface area contributed by atoms with Crippen LogP contribution in [0.1, 0.15) is 5.56 Å². The van der Waals surface area contributed by atoms with E-state index >= 15 is 0 Å². The van der Waals surface area contributed by atoms with Crippen LogP contribution in [-0.4, -0.2) is 19.1 Å². The molecule has 0 aliphatic rings. The molecule has 2 aromatic rings. The van der Waals surface area contributed by atoms with Gasteiger partial charge in [-0.05, 0) is 52.9 Å². The van der Waals surface area contributed by atoms with Crippen molar-refractivity contribution in [2.75, 3.05) is 5.32 Å². The minimum absolute atomic E-state index is 0.102. The van der Waals surface area contributed by atoms with E-state index in [4.69, 9.17) is 0 Å². The molecule has 2 aromatic carbocycles. The zero-order valence-corrected chi connectivity index (χ0v) is 15.1. The van der Waals surface area contributed by atoms with Crippen LogP contribution in [0.3, 0.4) is 0 Å². The van der Waals surface area contributed by atoms with Crippen LogP contribution < -0.4 is 14.8 Å². The fourth-order valence-electron chi connectivity index (χ4n) is 1.93. The van der Waals surface area contributed by atoms with Gasteiger partial charge in [0, 0.05) is 21.3 Å². The summed E-state index contributed by atoms with van der Waals surface area (Å²) in [4.78, 5) is 12.0. The van der Waals surface area contributed by atoms with E-state index in [0.29, 0.717) is 5.69 Å². The molecule has 4 nitrogen and oxygen atoms in total. The van der Waals surface area contributed by atoms with Gasteiger partial charge in [0.2, 0.25) is 5.91 Å². The Hall–Kier alpha value is -2.30. The molecule has 0 radical (unpaired) electrons. The molecule has 0 aliphatic heterocycles. The second-order valence-electron chi connectivity index (χ2n) is 4.76. The van der Waals surface area contributed by atoms with Crippen LogP contribution in [0.2, 0.25) is 0 Å². The predicted molar refractivity (Wildman–Crippen MR) is 96.5 cm³/mol. The molecule has 2 rings (SSSR count). The molecule has 0 saturated carbocycles. The molecule has 0 spiro atoms. The average Bonchev–Trinajstić information content (AvgIpc) is 2.55. The molecule has 26 heavy (non-hydrogen) atoms. The lowest BCUT2D eigenvalue weighted by molar-refractivity contribution is -0.111. The third kappa shape index (κ3) is 6.21. The van der Waals surface area contributed by atoms with E-state index in [1.165, 1.54) is 12.1 Å². The van der Waals surface area contributed by atoms with Crippen molar-refractivity contribution in [2.45, 2.75) is 13.2 Å². The topological polar surface area (TPSA) is 47.6 Å². The minimum Gasteiger partial charge on any atom is -0.435 e. The third-order valence-electron chi connectivity index (χ3n) is 2.97. The second-order valence-corrected chi connectivity index (χ2v) is 5.92. The van der Waals surface area contributed by atoms with Crippen molar-refractivity contribution >= 4 is 40.3 Å². The number of carbonyl (C=O) groups is 1. The Morgan fingerprint density at radius 3 is 2.38 bits per heavy atom. The van der Waals surface area contributed by atoms with E-state index in [1.54, 1.807) is 18.2 Å². The Morgan fingerprint density at radius 1 is 1.04 bits per heavy atom. The van der Waals surface area contributed by atoms with Gasteiger partial charge in [0.1, 0.15) is 11.5 Å². The molecule has 0 atom stereocenters. The number of alkyl halides is 4. The first-order valence-electron chi connectivity index (χ1n) is 7.12. The van der Waals surface area contributed by atoms with Gasteiger partial charge in [-0.1, -0.05) is 12.1 Å². The maximum absolute atomic E-state index is 12.5. The normalized spacial score (nSPS) is 11.2. The molecule has 0 heterocycles. The van der Waals surface area contributed by atoms with Crippen molar-refractivity contribution in [3.63, 3.8) is 0 Å². The van der Waals surface area contributed by atoms with E-state index in [9.17, 15) is 22.4 Å². The van der Waals surface area contributed by atoms with Gasteiger partial charge in [-0.15, -0.1) is 0 Å². The Kier molecular flexibility index (Phi) is 7.25. The largest absolute Gasteiger partial charge is 0.435 e. The molecule has 0 saturated heterocycles. The lowest BCUT2D eigenvalue weighted by atomic mass is 10.1. The van der Waals surface area contributed by atoms with Crippen LogP contribution in [0.15, 0.2) is 48.5 Å². The SMILES string of the molecule is O=C(/C=C/c1ccc(OC(F)F)cc1OC(F)F)Nc1ccccc1I. The van der Waals surface area contributed by atoms with E-state index in [1.807, 2.05) is 28.7 Å². The zero-order valence-electron chi connectivity index (χ0n) is 13.0. The predicted octanol–water partition coefficient (Wildman–Crippen LogP) is 5.15. The summed E-state index contributed by atoms with van der Waals surface area (Å²) in [6.45, 7) is -6.27. The van der Waals surface area contributed by atoms with E-state index in [2.05, 4.69) is 14.8 Å². The number of amides is 1. The Labute approximate surface area is 159 Å². The van der Waals surface area contributed by atoms with Gasteiger partial charge in [0.25, 0.3) is 0 Å². The van der Waals surface area contributed by atoms with Gasteiger partial charge in [-0.3, -0.25) is 4.79 Å². The summed E-state index contributed by atoms with van der Waals surface area (Å²) in [6.07, 6.45) is 2.35. The summed E-state index contributed by atoms with van der Waals surface area (Å²) in [5, 5.41) is 2.63. The van der Waals surface area contributed by atoms with Crippen molar-refractivity contribution in [3.8, 4) is 11.5 Å². The summed E-state index contributed by atoms with van der Waals surface area (Å²) in [7, 11) is 0. The number of ether oxygens (including phenoxy) is 2. The highest BCUT2D eigenvalue weighted by atomic mass is 127. The summed E-state index contributed by atoms with van der Waals surface area (Å²) in [5.74, 6) is -1.22. The third-order valence-corrected chi connectivity index (χ3v) is 3.91. The van der Waals surface area contributed by atoms with Crippen molar-refractivity contribution < 1.29 is 31.8 Å². The highest BCUT2D eigenvalue weighted by Gasteiger charge is 2.12. The number of benzene rings is 2. The van der Waals surface area contributed by atoms with Crippen LogP contribution in [0.4, 0.5) is 23.2 Å². The van der Waals surface area contributed by atoms with Gasteiger partial charge in [0.05, 0.1) is 5.69 Å². The number of rotatable bonds is 7. The highest BCUT2D eigenvalue weighted by molar-refractivity contribution is 14.1. The Morgan fingerprint density at radius 2 is 1.73 bits per heavy atom. The van der Waals surface area contributed by atoms with Crippen LogP contribution in [0, 0.1) is 3.57 Å². The maximum Gasteiger partial charge on any atom is 0.387 e. The fourth-order valence-corrected chi connectivity index (χ4v) is 2.45. The van der Waals surface area contributed by atoms with Crippen LogP contribution in [0.25, 0.3) is 6.08 Å². The first kappa shape index (κ1) is 20.0. The Bertz CT molecular complexity index is 799. The molecule has 0 aliphatic carbocycles. The molecule has 0 fully saturated rings. The summed E-state index contributed by atoms with van der Waals surface area (Å²) in [6, 6.07) is 10.3.